The third-order valence-electron chi connectivity index (χ3n) is 7.18. The van der Waals surface area contributed by atoms with Crippen LogP contribution in [0.3, 0.4) is 0 Å². The van der Waals surface area contributed by atoms with E-state index in [1.165, 1.54) is 0 Å². The minimum atomic E-state index is -0.675. The Morgan fingerprint density at radius 3 is 2.73 bits per heavy atom. The lowest BCUT2D eigenvalue weighted by Crippen LogP contribution is -2.43. The average molecular weight is 501 g/mol. The number of nitrogens with zero attached hydrogens (tertiary/aromatic N) is 4. The normalized spacial score (nSPS) is 22.0. The Morgan fingerprint density at radius 1 is 1.19 bits per heavy atom. The number of hydrogen-bond acceptors (Lipinski definition) is 8. The molecule has 4 N–H and O–H groups in total. The minimum Gasteiger partial charge on any atom is -0.437 e. The molecule has 0 radical (unpaired) electrons. The van der Waals surface area contributed by atoms with Crippen molar-refractivity contribution in [1.82, 2.24) is 24.9 Å². The molecule has 0 saturated heterocycles. The molecule has 2 fully saturated rings. The van der Waals surface area contributed by atoms with E-state index in [9.17, 15) is 10.2 Å². The number of aryl methyl sites for hydroxylation is 1. The number of aromatic nitrogens is 4. The Morgan fingerprint density at radius 2 is 2.03 bits per heavy atom. The number of aliphatic hydroxyl groups is 2. The SMILES string of the molecule is Cc1cc(-c2cnn3c(NCC4CC(C)(O)C4)cc(Oc4cccnc4)nc23)ccc1C(O)NC1CC1. The fraction of sp³-hybridized carbons (Fsp3) is 0.393. The number of rotatable bonds is 9. The van der Waals surface area contributed by atoms with Crippen molar-refractivity contribution in [2.24, 2.45) is 5.92 Å². The van der Waals surface area contributed by atoms with Crippen LogP contribution in [0, 0.1) is 12.8 Å². The largest absolute Gasteiger partial charge is 0.437 e. The summed E-state index contributed by atoms with van der Waals surface area (Å²) < 4.78 is 7.84. The molecule has 37 heavy (non-hydrogen) atoms. The van der Waals surface area contributed by atoms with Crippen LogP contribution < -0.4 is 15.4 Å². The molecule has 4 aromatic rings. The molecule has 3 aromatic heterocycles. The van der Waals surface area contributed by atoms with Gasteiger partial charge >= 0.3 is 0 Å². The van der Waals surface area contributed by atoms with Crippen molar-refractivity contribution in [3.63, 3.8) is 0 Å². The van der Waals surface area contributed by atoms with Crippen LogP contribution in [0.15, 0.2) is 55.0 Å². The predicted molar refractivity (Wildman–Crippen MR) is 140 cm³/mol. The number of fused-ring (bicyclic) bond motifs is 1. The summed E-state index contributed by atoms with van der Waals surface area (Å²) in [6.45, 7) is 4.60. The Balaban J connectivity index is 1.33. The van der Waals surface area contributed by atoms with Gasteiger partial charge in [-0.15, -0.1) is 0 Å². The van der Waals surface area contributed by atoms with Gasteiger partial charge < -0.3 is 20.3 Å². The number of hydrogen-bond donors (Lipinski definition) is 4. The standard InChI is InChI=1S/C28H32N6O3/c1-17-10-19(5-8-22(17)27(35)32-20-6-7-20)23-16-31-34-24(30-14-18-12-28(2,36)13-18)11-25(33-26(23)34)37-21-4-3-9-29-15-21/h3-5,8-11,15-16,18,20,27,30,32,35-36H,6-7,12-14H2,1-2H3. The van der Waals surface area contributed by atoms with Crippen LogP contribution in [0.4, 0.5) is 5.82 Å². The van der Waals surface area contributed by atoms with Gasteiger partial charge in [0.1, 0.15) is 17.8 Å². The summed E-state index contributed by atoms with van der Waals surface area (Å²) in [7, 11) is 0. The molecule has 6 rings (SSSR count). The zero-order valence-electron chi connectivity index (χ0n) is 21.1. The molecular formula is C28H32N6O3. The summed E-state index contributed by atoms with van der Waals surface area (Å²) in [5.41, 5.74) is 3.79. The van der Waals surface area contributed by atoms with Gasteiger partial charge in [-0.1, -0.05) is 18.2 Å². The van der Waals surface area contributed by atoms with Gasteiger partial charge in [0.2, 0.25) is 5.88 Å². The molecule has 3 heterocycles. The lowest BCUT2D eigenvalue weighted by Gasteiger charge is -2.41. The highest BCUT2D eigenvalue weighted by Gasteiger charge is 2.38. The maximum atomic E-state index is 10.6. The smallest absolute Gasteiger partial charge is 0.225 e. The lowest BCUT2D eigenvalue weighted by atomic mass is 9.72. The van der Waals surface area contributed by atoms with E-state index < -0.39 is 11.8 Å². The first-order valence-corrected chi connectivity index (χ1v) is 12.8. The van der Waals surface area contributed by atoms with Crippen molar-refractivity contribution in [3.8, 4) is 22.8 Å². The van der Waals surface area contributed by atoms with E-state index in [-0.39, 0.29) is 0 Å². The van der Waals surface area contributed by atoms with Gasteiger partial charge in [0.05, 0.1) is 18.0 Å². The van der Waals surface area contributed by atoms with Crippen molar-refractivity contribution in [2.45, 2.75) is 57.4 Å². The second-order valence-electron chi connectivity index (χ2n) is 10.6. The predicted octanol–water partition coefficient (Wildman–Crippen LogP) is 4.21. The maximum Gasteiger partial charge on any atom is 0.225 e. The second-order valence-corrected chi connectivity index (χ2v) is 10.6. The van der Waals surface area contributed by atoms with Crippen LogP contribution in [0.2, 0.25) is 0 Å². The molecular weight excluding hydrogens is 468 g/mol. The molecule has 0 spiro atoms. The summed E-state index contributed by atoms with van der Waals surface area (Å²) in [6, 6.07) is 11.9. The van der Waals surface area contributed by atoms with Gasteiger partial charge in [-0.25, -0.2) is 0 Å². The highest BCUT2D eigenvalue weighted by molar-refractivity contribution is 5.79. The summed E-state index contributed by atoms with van der Waals surface area (Å²) in [6.07, 6.45) is 8.24. The van der Waals surface area contributed by atoms with Gasteiger partial charge in [0.15, 0.2) is 5.65 Å². The van der Waals surface area contributed by atoms with Crippen LogP contribution in [-0.4, -0.2) is 48.0 Å². The third kappa shape index (κ3) is 5.16. The van der Waals surface area contributed by atoms with Crippen LogP contribution in [0.5, 0.6) is 11.6 Å². The lowest BCUT2D eigenvalue weighted by molar-refractivity contribution is -0.0524. The van der Waals surface area contributed by atoms with E-state index in [0.717, 1.165) is 60.3 Å². The van der Waals surface area contributed by atoms with Crippen LogP contribution in [0.25, 0.3) is 16.8 Å². The topological polar surface area (TPSA) is 117 Å². The Hall–Kier alpha value is -3.53. The number of anilines is 1. The van der Waals surface area contributed by atoms with Crippen molar-refractivity contribution in [3.05, 3.63) is 66.1 Å². The summed E-state index contributed by atoms with van der Waals surface area (Å²) in [5.74, 6) is 2.18. The number of nitrogens with one attached hydrogen (secondary N) is 2. The van der Waals surface area contributed by atoms with Crippen LogP contribution in [-0.2, 0) is 0 Å². The van der Waals surface area contributed by atoms with Gasteiger partial charge in [0, 0.05) is 30.4 Å². The molecule has 9 nitrogen and oxygen atoms in total. The minimum absolute atomic E-state index is 0.391. The quantitative estimate of drug-likeness (QED) is 0.253. The number of ether oxygens (including phenoxy) is 1. The van der Waals surface area contributed by atoms with E-state index in [1.807, 2.05) is 50.4 Å². The molecule has 2 aliphatic rings. The molecule has 0 aliphatic heterocycles. The fourth-order valence-corrected chi connectivity index (χ4v) is 5.14. The van der Waals surface area contributed by atoms with E-state index >= 15 is 0 Å². The highest BCUT2D eigenvalue weighted by atomic mass is 16.5. The monoisotopic (exact) mass is 500 g/mol. The molecule has 0 bridgehead atoms. The Kier molecular flexibility index (Phi) is 6.06. The van der Waals surface area contributed by atoms with E-state index in [1.54, 1.807) is 16.9 Å². The van der Waals surface area contributed by atoms with Crippen LogP contribution >= 0.6 is 0 Å². The second kappa shape index (κ2) is 9.41. The number of aliphatic hydroxyl groups excluding tert-OH is 1. The van der Waals surface area contributed by atoms with E-state index in [2.05, 4.69) is 26.8 Å². The van der Waals surface area contributed by atoms with E-state index in [0.29, 0.717) is 29.2 Å². The Bertz CT molecular complexity index is 1410. The van der Waals surface area contributed by atoms with Gasteiger partial charge in [-0.05, 0) is 74.3 Å². The molecule has 0 amide bonds. The average Bonchev–Trinajstić information content (AvgIpc) is 3.57. The van der Waals surface area contributed by atoms with E-state index in [4.69, 9.17) is 9.72 Å². The molecule has 2 aliphatic carbocycles. The molecule has 1 aromatic carbocycles. The Labute approximate surface area is 215 Å². The third-order valence-corrected chi connectivity index (χ3v) is 7.18. The van der Waals surface area contributed by atoms with Gasteiger partial charge in [-0.2, -0.15) is 14.6 Å². The number of pyridine rings is 1. The van der Waals surface area contributed by atoms with Crippen molar-refractivity contribution in [2.75, 3.05) is 11.9 Å². The van der Waals surface area contributed by atoms with Crippen LogP contribution in [0.1, 0.15) is 50.0 Å². The molecule has 1 unspecified atom stereocenters. The van der Waals surface area contributed by atoms with Gasteiger partial charge in [0.25, 0.3) is 0 Å². The summed E-state index contributed by atoms with van der Waals surface area (Å²) >= 11 is 0. The summed E-state index contributed by atoms with van der Waals surface area (Å²) in [5, 5.41) is 32.1. The molecule has 9 heteroatoms. The number of benzene rings is 1. The van der Waals surface area contributed by atoms with Crippen molar-refractivity contribution < 1.29 is 14.9 Å². The highest BCUT2D eigenvalue weighted by Crippen LogP contribution is 2.38. The van der Waals surface area contributed by atoms with Crippen molar-refractivity contribution >= 4 is 11.5 Å². The molecule has 1 atom stereocenters. The van der Waals surface area contributed by atoms with Gasteiger partial charge in [-0.3, -0.25) is 10.3 Å². The zero-order valence-corrected chi connectivity index (χ0v) is 21.1. The molecule has 2 saturated carbocycles. The first kappa shape index (κ1) is 23.8. The first-order valence-electron chi connectivity index (χ1n) is 12.8. The first-order chi connectivity index (χ1) is 17.8. The fourth-order valence-electron chi connectivity index (χ4n) is 5.14. The maximum absolute atomic E-state index is 10.6. The zero-order chi connectivity index (χ0) is 25.6. The molecule has 192 valence electrons. The summed E-state index contributed by atoms with van der Waals surface area (Å²) in [4.78, 5) is 8.93. The van der Waals surface area contributed by atoms with Crippen molar-refractivity contribution in [1.29, 1.82) is 0 Å².